The summed E-state index contributed by atoms with van der Waals surface area (Å²) in [5.74, 6) is 5.59. The number of oxazole rings is 1. The van der Waals surface area contributed by atoms with Gasteiger partial charge in [-0.3, -0.25) is 0 Å². The molecule has 0 saturated carbocycles. The Morgan fingerprint density at radius 3 is 2.50 bits per heavy atom. The van der Waals surface area contributed by atoms with Gasteiger partial charge in [-0.15, -0.1) is 0 Å². The van der Waals surface area contributed by atoms with E-state index in [9.17, 15) is 8.42 Å². The van der Waals surface area contributed by atoms with Gasteiger partial charge < -0.3 is 8.84 Å². The highest BCUT2D eigenvalue weighted by atomic mass is 32.2. The molecule has 112 valence electrons. The molecule has 2 N–H and O–H groups in total. The summed E-state index contributed by atoms with van der Waals surface area (Å²) in [6, 6.07) is 0. The molecule has 1 rings (SSSR count). The Labute approximate surface area is 120 Å². The second kappa shape index (κ2) is 5.69. The number of sulfonamides is 1. The van der Waals surface area contributed by atoms with Crippen LogP contribution in [0, 0.1) is 11.8 Å². The molecule has 0 aliphatic rings. The number of hydrogen-bond acceptors (Lipinski definition) is 5. The minimum Gasteiger partial charge on any atom is -0.418 e. The number of primary sulfonamides is 1. The smallest absolute Gasteiger partial charge is 0.331 e. The molecular weight excluding hydrogens is 296 g/mol. The first-order valence-electron chi connectivity index (χ1n) is 6.05. The SMILES string of the molecule is CC(C)(C)[Si](C)(C)OCC#Cc1cnc(S(N)(=O)=O)o1. The van der Waals surface area contributed by atoms with Crippen LogP contribution in [0.2, 0.25) is 18.1 Å². The van der Waals surface area contributed by atoms with E-state index in [2.05, 4.69) is 50.7 Å². The predicted molar refractivity (Wildman–Crippen MR) is 77.9 cm³/mol. The molecule has 0 aromatic carbocycles. The van der Waals surface area contributed by atoms with Crippen molar-refractivity contribution in [1.29, 1.82) is 0 Å². The first kappa shape index (κ1) is 16.9. The van der Waals surface area contributed by atoms with Crippen LogP contribution in [-0.4, -0.2) is 28.3 Å². The standard InChI is InChI=1S/C12H20N2O4SSi/c1-12(2,3)20(4,5)17-8-6-7-10-9-14-11(18-10)19(13,15)16/h9H,8H2,1-5H3,(H2,13,15,16). The van der Waals surface area contributed by atoms with E-state index in [4.69, 9.17) is 14.0 Å². The third kappa shape index (κ3) is 4.45. The van der Waals surface area contributed by atoms with Gasteiger partial charge >= 0.3 is 5.22 Å². The molecule has 0 radical (unpaired) electrons. The van der Waals surface area contributed by atoms with Gasteiger partial charge in [0, 0.05) is 0 Å². The second-order valence-electron chi connectivity index (χ2n) is 5.89. The van der Waals surface area contributed by atoms with E-state index in [1.54, 1.807) is 0 Å². The molecule has 1 aromatic heterocycles. The molecule has 0 amide bonds. The van der Waals surface area contributed by atoms with Crippen molar-refractivity contribution in [1.82, 2.24) is 4.98 Å². The van der Waals surface area contributed by atoms with Gasteiger partial charge in [-0.1, -0.05) is 26.7 Å². The number of aromatic nitrogens is 1. The second-order valence-corrected chi connectivity index (χ2v) is 12.1. The summed E-state index contributed by atoms with van der Waals surface area (Å²) in [5, 5.41) is 4.46. The van der Waals surface area contributed by atoms with Crippen molar-refractivity contribution in [2.75, 3.05) is 6.61 Å². The maximum absolute atomic E-state index is 11.0. The fourth-order valence-corrected chi connectivity index (χ4v) is 2.28. The molecule has 0 saturated heterocycles. The van der Waals surface area contributed by atoms with Crippen LogP contribution in [0.1, 0.15) is 26.5 Å². The minimum absolute atomic E-state index is 0.113. The lowest BCUT2D eigenvalue weighted by Crippen LogP contribution is -2.40. The fraction of sp³-hybridized carbons (Fsp3) is 0.583. The molecule has 0 aliphatic heterocycles. The Hall–Kier alpha value is -1.14. The average Bonchev–Trinajstić information content (AvgIpc) is 2.71. The first-order chi connectivity index (χ1) is 8.93. The van der Waals surface area contributed by atoms with Gasteiger partial charge in [-0.2, -0.15) is 0 Å². The lowest BCUT2D eigenvalue weighted by atomic mass is 10.2. The van der Waals surface area contributed by atoms with Gasteiger partial charge in [-0.25, -0.2) is 18.5 Å². The third-order valence-corrected chi connectivity index (χ3v) is 8.40. The monoisotopic (exact) mass is 316 g/mol. The summed E-state index contributed by atoms with van der Waals surface area (Å²) in [5.41, 5.74) is 0. The van der Waals surface area contributed by atoms with Crippen LogP contribution in [0.4, 0.5) is 0 Å². The predicted octanol–water partition coefficient (Wildman–Crippen LogP) is 1.70. The van der Waals surface area contributed by atoms with Gasteiger partial charge in [0.05, 0.1) is 12.8 Å². The van der Waals surface area contributed by atoms with Crippen LogP contribution >= 0.6 is 0 Å². The van der Waals surface area contributed by atoms with E-state index in [1.165, 1.54) is 6.20 Å². The highest BCUT2D eigenvalue weighted by Crippen LogP contribution is 2.36. The van der Waals surface area contributed by atoms with Crippen LogP contribution in [0.3, 0.4) is 0 Å². The molecule has 0 atom stereocenters. The molecule has 6 nitrogen and oxygen atoms in total. The van der Waals surface area contributed by atoms with Gasteiger partial charge in [-0.05, 0) is 24.1 Å². The van der Waals surface area contributed by atoms with Crippen LogP contribution in [0.5, 0.6) is 0 Å². The average molecular weight is 316 g/mol. The summed E-state index contributed by atoms with van der Waals surface area (Å²) in [7, 11) is -5.76. The van der Waals surface area contributed by atoms with E-state index < -0.39 is 23.6 Å². The summed E-state index contributed by atoms with van der Waals surface area (Å²) in [6.07, 6.45) is 1.22. The zero-order chi connectivity index (χ0) is 15.6. The van der Waals surface area contributed by atoms with Crippen molar-refractivity contribution in [3.63, 3.8) is 0 Å². The normalized spacial score (nSPS) is 12.9. The van der Waals surface area contributed by atoms with Gasteiger partial charge in [0.2, 0.25) is 0 Å². The first-order valence-corrected chi connectivity index (χ1v) is 10.5. The molecule has 0 aliphatic carbocycles. The van der Waals surface area contributed by atoms with Gasteiger partial charge in [0.25, 0.3) is 10.0 Å². The molecular formula is C12H20N2O4SSi. The maximum atomic E-state index is 11.0. The Balaban J connectivity index is 2.67. The number of nitrogens with zero attached hydrogens (tertiary/aromatic N) is 1. The summed E-state index contributed by atoms with van der Waals surface area (Å²) in [4.78, 5) is 3.54. The molecule has 20 heavy (non-hydrogen) atoms. The van der Waals surface area contributed by atoms with E-state index >= 15 is 0 Å². The highest BCUT2D eigenvalue weighted by molar-refractivity contribution is 7.88. The van der Waals surface area contributed by atoms with E-state index in [1.807, 2.05) is 0 Å². The summed E-state index contributed by atoms with van der Waals surface area (Å²) < 4.78 is 32.7. The zero-order valence-corrected chi connectivity index (χ0v) is 14.2. The van der Waals surface area contributed by atoms with Crippen LogP contribution in [-0.2, 0) is 14.4 Å². The molecule has 8 heteroatoms. The zero-order valence-electron chi connectivity index (χ0n) is 12.4. The Morgan fingerprint density at radius 1 is 1.45 bits per heavy atom. The third-order valence-electron chi connectivity index (χ3n) is 3.25. The summed E-state index contributed by atoms with van der Waals surface area (Å²) in [6.45, 7) is 10.9. The van der Waals surface area contributed by atoms with Crippen molar-refractivity contribution in [3.8, 4) is 11.8 Å². The fourth-order valence-electron chi connectivity index (χ4n) is 1.00. The number of nitrogens with two attached hydrogens (primary N) is 1. The van der Waals surface area contributed by atoms with Crippen molar-refractivity contribution in [3.05, 3.63) is 12.0 Å². The Morgan fingerprint density at radius 2 is 2.05 bits per heavy atom. The van der Waals surface area contributed by atoms with E-state index in [-0.39, 0.29) is 17.4 Å². The molecule has 0 fully saturated rings. The van der Waals surface area contributed by atoms with Gasteiger partial charge in [0.1, 0.15) is 0 Å². The van der Waals surface area contributed by atoms with Gasteiger partial charge in [0.15, 0.2) is 14.1 Å². The molecule has 0 unspecified atom stereocenters. The van der Waals surface area contributed by atoms with Crippen molar-refractivity contribution >= 4 is 18.3 Å². The molecule has 1 heterocycles. The van der Waals surface area contributed by atoms with Crippen molar-refractivity contribution in [2.24, 2.45) is 5.14 Å². The molecule has 0 spiro atoms. The van der Waals surface area contributed by atoms with Crippen LogP contribution in [0.25, 0.3) is 0 Å². The Bertz CT molecular complexity index is 632. The minimum atomic E-state index is -3.93. The molecule has 1 aromatic rings. The lowest BCUT2D eigenvalue weighted by Gasteiger charge is -2.35. The number of rotatable bonds is 3. The topological polar surface area (TPSA) is 95.4 Å². The highest BCUT2D eigenvalue weighted by Gasteiger charge is 2.36. The van der Waals surface area contributed by atoms with Crippen LogP contribution < -0.4 is 5.14 Å². The van der Waals surface area contributed by atoms with E-state index in [0.29, 0.717) is 0 Å². The lowest BCUT2D eigenvalue weighted by molar-refractivity contribution is 0.334. The van der Waals surface area contributed by atoms with Crippen molar-refractivity contribution < 1.29 is 17.3 Å². The van der Waals surface area contributed by atoms with E-state index in [0.717, 1.165) is 0 Å². The summed E-state index contributed by atoms with van der Waals surface area (Å²) >= 11 is 0. The largest absolute Gasteiger partial charge is 0.418 e. The number of hydrogen-bond donors (Lipinski definition) is 1. The maximum Gasteiger partial charge on any atom is 0.331 e. The Kier molecular flexibility index (Phi) is 4.81. The molecule has 0 bridgehead atoms. The van der Waals surface area contributed by atoms with Crippen molar-refractivity contribution in [2.45, 2.75) is 44.1 Å². The quantitative estimate of drug-likeness (QED) is 0.676. The van der Waals surface area contributed by atoms with Crippen LogP contribution in [0.15, 0.2) is 15.8 Å².